The number of hydrogen-bond acceptors (Lipinski definition) is 5. The van der Waals surface area contributed by atoms with Crippen LogP contribution in [0, 0.1) is 24.0 Å². The van der Waals surface area contributed by atoms with Gasteiger partial charge in [0, 0.05) is 11.8 Å². The van der Waals surface area contributed by atoms with Crippen LogP contribution in [0.25, 0.3) is 0 Å². The molecule has 1 aromatic carbocycles. The highest BCUT2D eigenvalue weighted by Crippen LogP contribution is 2.34. The number of nitrogens with two attached hydrogens (primary N) is 1. The molecule has 0 unspecified atom stereocenters. The van der Waals surface area contributed by atoms with Crippen LogP contribution in [0.15, 0.2) is 30.5 Å². The fourth-order valence-electron chi connectivity index (χ4n) is 1.72. The third-order valence-electron chi connectivity index (χ3n) is 2.61. The van der Waals surface area contributed by atoms with Crippen molar-refractivity contribution in [2.45, 2.75) is 13.8 Å². The predicted molar refractivity (Wildman–Crippen MR) is 71.3 cm³/mol. The summed E-state index contributed by atoms with van der Waals surface area (Å²) in [5, 5.41) is 11.0. The maximum absolute atomic E-state index is 11.0. The van der Waals surface area contributed by atoms with E-state index in [0.717, 1.165) is 5.56 Å². The number of anilines is 1. The monoisotopic (exact) mass is 259 g/mol. The number of nitrogen functional groups attached to an aromatic ring is 1. The number of aromatic nitrogens is 1. The number of rotatable bonds is 3. The van der Waals surface area contributed by atoms with Gasteiger partial charge in [-0.05, 0) is 31.5 Å². The van der Waals surface area contributed by atoms with Gasteiger partial charge in [0.05, 0.1) is 10.6 Å². The maximum atomic E-state index is 11.0. The van der Waals surface area contributed by atoms with Crippen molar-refractivity contribution in [2.24, 2.45) is 0 Å². The minimum absolute atomic E-state index is 0.0794. The Labute approximate surface area is 110 Å². The van der Waals surface area contributed by atoms with E-state index in [4.69, 9.17) is 10.5 Å². The number of hydrogen-bond donors (Lipinski definition) is 1. The lowest BCUT2D eigenvalue weighted by molar-refractivity contribution is -0.386. The smallest absolute Gasteiger partial charge is 0.314 e. The predicted octanol–water partition coefficient (Wildman–Crippen LogP) is 2.98. The molecule has 6 nitrogen and oxygen atoms in total. The fraction of sp³-hybridized carbons (Fsp3) is 0.154. The Morgan fingerprint density at radius 2 is 2.11 bits per heavy atom. The summed E-state index contributed by atoms with van der Waals surface area (Å²) in [6, 6.07) is 6.55. The maximum Gasteiger partial charge on any atom is 0.314 e. The van der Waals surface area contributed by atoms with Crippen LogP contribution in [0.3, 0.4) is 0 Å². The number of pyridine rings is 1. The van der Waals surface area contributed by atoms with Gasteiger partial charge in [-0.1, -0.05) is 12.1 Å². The van der Waals surface area contributed by atoms with Gasteiger partial charge in [0.2, 0.25) is 11.6 Å². The van der Waals surface area contributed by atoms with Crippen LogP contribution in [0.5, 0.6) is 11.6 Å². The van der Waals surface area contributed by atoms with E-state index in [2.05, 4.69) is 4.98 Å². The van der Waals surface area contributed by atoms with Gasteiger partial charge >= 0.3 is 5.69 Å². The summed E-state index contributed by atoms with van der Waals surface area (Å²) in [6.45, 7) is 3.50. The Morgan fingerprint density at radius 3 is 2.74 bits per heavy atom. The molecule has 0 radical (unpaired) electrons. The molecule has 6 heteroatoms. The topological polar surface area (TPSA) is 91.3 Å². The van der Waals surface area contributed by atoms with Crippen molar-refractivity contribution in [3.8, 4) is 11.6 Å². The standard InChI is InChI=1S/C13H13N3O3/c1-8-6-10(14)13(15-7-8)19-11-5-3-4-9(2)12(11)16(17)18/h3-7H,14H2,1-2H3. The lowest BCUT2D eigenvalue weighted by Crippen LogP contribution is -1.99. The van der Waals surface area contributed by atoms with Crippen LogP contribution in [0.2, 0.25) is 0 Å². The van der Waals surface area contributed by atoms with Gasteiger partial charge in [0.15, 0.2) is 0 Å². The molecule has 0 bridgehead atoms. The van der Waals surface area contributed by atoms with Crippen molar-refractivity contribution in [1.29, 1.82) is 0 Å². The Kier molecular flexibility index (Phi) is 3.33. The van der Waals surface area contributed by atoms with E-state index >= 15 is 0 Å². The summed E-state index contributed by atoms with van der Waals surface area (Å²) in [5.74, 6) is 0.298. The second kappa shape index (κ2) is 4.93. The molecule has 0 aliphatic rings. The fourth-order valence-corrected chi connectivity index (χ4v) is 1.72. The average Bonchev–Trinajstić information content (AvgIpc) is 2.32. The van der Waals surface area contributed by atoms with E-state index in [1.165, 1.54) is 6.07 Å². The second-order valence-electron chi connectivity index (χ2n) is 4.19. The van der Waals surface area contributed by atoms with Crippen LogP contribution < -0.4 is 10.5 Å². The van der Waals surface area contributed by atoms with E-state index in [-0.39, 0.29) is 17.3 Å². The molecule has 0 saturated heterocycles. The molecule has 0 atom stereocenters. The molecular formula is C13H13N3O3. The summed E-state index contributed by atoms with van der Waals surface area (Å²) in [7, 11) is 0. The summed E-state index contributed by atoms with van der Waals surface area (Å²) < 4.78 is 5.46. The van der Waals surface area contributed by atoms with Crippen molar-refractivity contribution < 1.29 is 9.66 Å². The van der Waals surface area contributed by atoms with E-state index < -0.39 is 4.92 Å². The van der Waals surface area contributed by atoms with Crippen LogP contribution in [-0.4, -0.2) is 9.91 Å². The minimum Gasteiger partial charge on any atom is -0.430 e. The first-order valence-corrected chi connectivity index (χ1v) is 5.63. The van der Waals surface area contributed by atoms with Crippen molar-refractivity contribution in [1.82, 2.24) is 4.98 Å². The Hall–Kier alpha value is -2.63. The SMILES string of the molecule is Cc1cnc(Oc2cccc(C)c2[N+](=O)[O-])c(N)c1. The Bertz CT molecular complexity index is 641. The number of benzene rings is 1. The minimum atomic E-state index is -0.477. The number of ether oxygens (including phenoxy) is 1. The van der Waals surface area contributed by atoms with Crippen molar-refractivity contribution in [3.63, 3.8) is 0 Å². The van der Waals surface area contributed by atoms with Crippen LogP contribution in [-0.2, 0) is 0 Å². The summed E-state index contributed by atoms with van der Waals surface area (Å²) in [5.41, 5.74) is 7.45. The Morgan fingerprint density at radius 1 is 1.37 bits per heavy atom. The van der Waals surface area contributed by atoms with Crippen LogP contribution in [0.1, 0.15) is 11.1 Å². The number of para-hydroxylation sites is 1. The number of nitrogens with zero attached hydrogens (tertiary/aromatic N) is 2. The zero-order valence-corrected chi connectivity index (χ0v) is 10.6. The summed E-state index contributed by atoms with van der Waals surface area (Å²) >= 11 is 0. The van der Waals surface area contributed by atoms with Gasteiger partial charge < -0.3 is 10.5 Å². The first-order chi connectivity index (χ1) is 8.99. The van der Waals surface area contributed by atoms with Gasteiger partial charge in [-0.25, -0.2) is 4.98 Å². The van der Waals surface area contributed by atoms with Crippen molar-refractivity contribution in [2.75, 3.05) is 5.73 Å². The molecule has 98 valence electrons. The molecule has 0 amide bonds. The number of nitro groups is 1. The van der Waals surface area contributed by atoms with Crippen molar-refractivity contribution >= 4 is 11.4 Å². The molecule has 0 aliphatic carbocycles. The first kappa shape index (κ1) is 12.8. The average molecular weight is 259 g/mol. The molecule has 2 N–H and O–H groups in total. The van der Waals surface area contributed by atoms with Crippen LogP contribution >= 0.6 is 0 Å². The molecule has 0 spiro atoms. The largest absolute Gasteiger partial charge is 0.430 e. The van der Waals surface area contributed by atoms with E-state index in [0.29, 0.717) is 11.3 Å². The normalized spacial score (nSPS) is 10.2. The third-order valence-corrected chi connectivity index (χ3v) is 2.61. The van der Waals surface area contributed by atoms with Gasteiger partial charge in [-0.2, -0.15) is 0 Å². The van der Waals surface area contributed by atoms with Crippen LogP contribution in [0.4, 0.5) is 11.4 Å². The first-order valence-electron chi connectivity index (χ1n) is 5.63. The molecule has 2 rings (SSSR count). The van der Waals surface area contributed by atoms with Gasteiger partial charge in [-0.3, -0.25) is 10.1 Å². The Balaban J connectivity index is 2.44. The second-order valence-corrected chi connectivity index (χ2v) is 4.19. The molecule has 0 saturated carbocycles. The zero-order chi connectivity index (χ0) is 14.0. The molecule has 1 heterocycles. The molecule has 1 aromatic heterocycles. The highest BCUT2D eigenvalue weighted by Gasteiger charge is 2.19. The number of aryl methyl sites for hydroxylation is 2. The highest BCUT2D eigenvalue weighted by atomic mass is 16.6. The zero-order valence-electron chi connectivity index (χ0n) is 10.6. The molecular weight excluding hydrogens is 246 g/mol. The number of nitro benzene ring substituents is 1. The van der Waals surface area contributed by atoms with E-state index in [9.17, 15) is 10.1 Å². The molecule has 0 aliphatic heterocycles. The lowest BCUT2D eigenvalue weighted by Gasteiger charge is -2.09. The third kappa shape index (κ3) is 2.62. The highest BCUT2D eigenvalue weighted by molar-refractivity contribution is 5.56. The van der Waals surface area contributed by atoms with E-state index in [1.54, 1.807) is 31.3 Å². The lowest BCUT2D eigenvalue weighted by atomic mass is 10.2. The molecule has 2 aromatic rings. The molecule has 19 heavy (non-hydrogen) atoms. The summed E-state index contributed by atoms with van der Waals surface area (Å²) in [6.07, 6.45) is 1.59. The van der Waals surface area contributed by atoms with E-state index in [1.807, 2.05) is 6.92 Å². The van der Waals surface area contributed by atoms with Gasteiger partial charge in [0.25, 0.3) is 0 Å². The van der Waals surface area contributed by atoms with Crippen molar-refractivity contribution in [3.05, 3.63) is 51.7 Å². The van der Waals surface area contributed by atoms with Gasteiger partial charge in [0.1, 0.15) is 0 Å². The quantitative estimate of drug-likeness (QED) is 0.675. The van der Waals surface area contributed by atoms with Gasteiger partial charge in [-0.15, -0.1) is 0 Å². The summed E-state index contributed by atoms with van der Waals surface area (Å²) in [4.78, 5) is 14.6. The molecule has 0 fully saturated rings.